The third-order valence-corrected chi connectivity index (χ3v) is 7.48. The lowest BCUT2D eigenvalue weighted by Gasteiger charge is -2.30. The summed E-state index contributed by atoms with van der Waals surface area (Å²) in [6.07, 6.45) is 1.54. The molecule has 0 amide bonds. The second-order valence-electron chi connectivity index (χ2n) is 6.25. The number of hydrogen-bond donors (Lipinski definition) is 0. The van der Waals surface area contributed by atoms with E-state index in [4.69, 9.17) is 4.74 Å². The number of aromatic nitrogens is 1. The van der Waals surface area contributed by atoms with Gasteiger partial charge in [-0.1, -0.05) is 0 Å². The van der Waals surface area contributed by atoms with Crippen LogP contribution in [-0.2, 0) is 14.8 Å². The van der Waals surface area contributed by atoms with Crippen LogP contribution in [0.5, 0.6) is 0 Å². The molecule has 1 aromatic heterocycles. The molecular formula is C18H22N2O4S2. The molecule has 2 heterocycles. The summed E-state index contributed by atoms with van der Waals surface area (Å²) in [5.41, 5.74) is 1.37. The molecule has 1 saturated heterocycles. The van der Waals surface area contributed by atoms with Crippen molar-refractivity contribution in [1.82, 2.24) is 9.29 Å². The maximum atomic E-state index is 12.8. The van der Waals surface area contributed by atoms with Gasteiger partial charge in [-0.25, -0.2) is 18.2 Å². The summed E-state index contributed by atoms with van der Waals surface area (Å²) in [6.45, 7) is 4.94. The van der Waals surface area contributed by atoms with Crippen LogP contribution in [0, 0.1) is 6.92 Å². The van der Waals surface area contributed by atoms with Crippen molar-refractivity contribution in [3.05, 3.63) is 45.9 Å². The lowest BCUT2D eigenvalue weighted by molar-refractivity contribution is 0.0526. The van der Waals surface area contributed by atoms with E-state index in [1.807, 2.05) is 12.3 Å². The number of piperidine rings is 1. The Morgan fingerprint density at radius 2 is 1.92 bits per heavy atom. The Morgan fingerprint density at radius 1 is 1.27 bits per heavy atom. The quantitative estimate of drug-likeness (QED) is 0.728. The molecule has 1 fully saturated rings. The number of esters is 1. The lowest BCUT2D eigenvalue weighted by Crippen LogP contribution is -2.37. The van der Waals surface area contributed by atoms with Gasteiger partial charge in [0.2, 0.25) is 10.0 Å². The van der Waals surface area contributed by atoms with Gasteiger partial charge in [-0.15, -0.1) is 11.3 Å². The minimum Gasteiger partial charge on any atom is -0.462 e. The highest BCUT2D eigenvalue weighted by Crippen LogP contribution is 2.32. The van der Waals surface area contributed by atoms with Crippen LogP contribution in [0.1, 0.15) is 46.7 Å². The first-order valence-corrected chi connectivity index (χ1v) is 10.9. The van der Waals surface area contributed by atoms with E-state index in [1.165, 1.54) is 28.6 Å². The zero-order chi connectivity index (χ0) is 18.7. The second-order valence-corrected chi connectivity index (χ2v) is 9.08. The number of benzene rings is 1. The highest BCUT2D eigenvalue weighted by molar-refractivity contribution is 7.89. The molecule has 2 aromatic rings. The zero-order valence-electron chi connectivity index (χ0n) is 14.8. The van der Waals surface area contributed by atoms with Crippen LogP contribution in [0.3, 0.4) is 0 Å². The van der Waals surface area contributed by atoms with Crippen molar-refractivity contribution in [1.29, 1.82) is 0 Å². The third-order valence-electron chi connectivity index (χ3n) is 4.44. The van der Waals surface area contributed by atoms with E-state index in [1.54, 1.807) is 18.3 Å². The minimum atomic E-state index is -3.55. The Labute approximate surface area is 157 Å². The molecule has 140 valence electrons. The van der Waals surface area contributed by atoms with Crippen molar-refractivity contribution < 1.29 is 17.9 Å². The molecule has 3 rings (SSSR count). The van der Waals surface area contributed by atoms with E-state index in [0.717, 1.165) is 23.5 Å². The Hall–Kier alpha value is -1.77. The van der Waals surface area contributed by atoms with Gasteiger partial charge in [0.1, 0.15) is 0 Å². The number of aryl methyl sites for hydroxylation is 1. The van der Waals surface area contributed by atoms with Gasteiger partial charge in [-0.3, -0.25) is 0 Å². The van der Waals surface area contributed by atoms with E-state index in [2.05, 4.69) is 4.98 Å². The molecule has 1 aliphatic heterocycles. The Balaban J connectivity index is 1.68. The number of carbonyl (C=O) groups excluding carboxylic acids is 1. The molecule has 0 radical (unpaired) electrons. The van der Waals surface area contributed by atoms with Crippen LogP contribution >= 0.6 is 11.3 Å². The fourth-order valence-corrected chi connectivity index (χ4v) is 5.47. The van der Waals surface area contributed by atoms with Gasteiger partial charge < -0.3 is 4.74 Å². The van der Waals surface area contributed by atoms with E-state index < -0.39 is 16.0 Å². The third kappa shape index (κ3) is 3.97. The number of carbonyl (C=O) groups is 1. The number of sulfonamides is 1. The maximum Gasteiger partial charge on any atom is 0.338 e. The molecule has 26 heavy (non-hydrogen) atoms. The van der Waals surface area contributed by atoms with Crippen LogP contribution in [-0.4, -0.2) is 43.4 Å². The molecular weight excluding hydrogens is 372 g/mol. The molecule has 8 heteroatoms. The summed E-state index contributed by atoms with van der Waals surface area (Å²) in [7, 11) is -3.55. The normalized spacial score (nSPS) is 16.5. The minimum absolute atomic E-state index is 0.203. The Morgan fingerprint density at radius 3 is 2.46 bits per heavy atom. The van der Waals surface area contributed by atoms with E-state index in [9.17, 15) is 13.2 Å². The van der Waals surface area contributed by atoms with E-state index in [-0.39, 0.29) is 11.5 Å². The van der Waals surface area contributed by atoms with Gasteiger partial charge in [-0.2, -0.15) is 4.31 Å². The van der Waals surface area contributed by atoms with Gasteiger partial charge in [0.25, 0.3) is 0 Å². The van der Waals surface area contributed by atoms with Crippen LogP contribution in [0.2, 0.25) is 0 Å². The van der Waals surface area contributed by atoms with Crippen molar-refractivity contribution in [2.24, 2.45) is 0 Å². The average molecular weight is 395 g/mol. The monoisotopic (exact) mass is 394 g/mol. The molecule has 0 spiro atoms. The molecule has 0 unspecified atom stereocenters. The first-order valence-electron chi connectivity index (χ1n) is 8.61. The van der Waals surface area contributed by atoms with Gasteiger partial charge in [0.15, 0.2) is 0 Å². The van der Waals surface area contributed by atoms with Crippen LogP contribution < -0.4 is 0 Å². The van der Waals surface area contributed by atoms with Crippen LogP contribution in [0.15, 0.2) is 34.5 Å². The lowest BCUT2D eigenvalue weighted by atomic mass is 9.99. The summed E-state index contributed by atoms with van der Waals surface area (Å²) in [6, 6.07) is 5.93. The largest absolute Gasteiger partial charge is 0.462 e. The fraction of sp³-hybridized carbons (Fsp3) is 0.444. The number of rotatable bonds is 5. The van der Waals surface area contributed by atoms with E-state index in [0.29, 0.717) is 24.6 Å². The standard InChI is InChI=1S/C18H22N2O4S2/c1-3-24-18(21)15-4-6-16(7-5-15)26(22,23)20-10-8-14(9-11-20)17-19-13(2)12-25-17/h4-7,12,14H,3,8-11H2,1-2H3. The average Bonchev–Trinajstić information content (AvgIpc) is 3.08. The van der Waals surface area contributed by atoms with Gasteiger partial charge >= 0.3 is 5.97 Å². The molecule has 6 nitrogen and oxygen atoms in total. The second kappa shape index (κ2) is 7.85. The molecule has 0 N–H and O–H groups in total. The summed E-state index contributed by atoms with van der Waals surface area (Å²) >= 11 is 1.65. The topological polar surface area (TPSA) is 76.6 Å². The fourth-order valence-electron chi connectivity index (χ4n) is 3.03. The zero-order valence-corrected chi connectivity index (χ0v) is 16.5. The van der Waals surface area contributed by atoms with Gasteiger partial charge in [0, 0.05) is 30.1 Å². The first kappa shape index (κ1) is 19.0. The predicted octanol–water partition coefficient (Wildman–Crippen LogP) is 3.20. The van der Waals surface area contributed by atoms with Crippen molar-refractivity contribution >= 4 is 27.3 Å². The Kier molecular flexibility index (Phi) is 5.74. The summed E-state index contributed by atoms with van der Waals surface area (Å²) < 4.78 is 32.1. The summed E-state index contributed by atoms with van der Waals surface area (Å²) in [5.74, 6) is -0.123. The molecule has 0 aliphatic carbocycles. The van der Waals surface area contributed by atoms with E-state index >= 15 is 0 Å². The Bertz CT molecular complexity index is 867. The van der Waals surface area contributed by atoms with Crippen molar-refractivity contribution in [3.8, 4) is 0 Å². The number of thiazole rings is 1. The molecule has 0 bridgehead atoms. The highest BCUT2D eigenvalue weighted by Gasteiger charge is 2.31. The smallest absolute Gasteiger partial charge is 0.338 e. The first-order chi connectivity index (χ1) is 12.4. The predicted molar refractivity (Wildman–Crippen MR) is 100.0 cm³/mol. The number of hydrogen-bond acceptors (Lipinski definition) is 6. The number of nitrogens with zero attached hydrogens (tertiary/aromatic N) is 2. The van der Waals surface area contributed by atoms with Crippen LogP contribution in [0.4, 0.5) is 0 Å². The molecule has 0 atom stereocenters. The molecule has 0 saturated carbocycles. The molecule has 1 aromatic carbocycles. The van der Waals surface area contributed by atoms with Gasteiger partial charge in [0.05, 0.1) is 22.1 Å². The van der Waals surface area contributed by atoms with Gasteiger partial charge in [-0.05, 0) is 51.0 Å². The van der Waals surface area contributed by atoms with Crippen molar-refractivity contribution in [3.63, 3.8) is 0 Å². The van der Waals surface area contributed by atoms with Crippen molar-refractivity contribution in [2.45, 2.75) is 37.5 Å². The number of ether oxygens (including phenoxy) is 1. The highest BCUT2D eigenvalue weighted by atomic mass is 32.2. The SMILES string of the molecule is CCOC(=O)c1ccc(S(=O)(=O)N2CCC(c3nc(C)cs3)CC2)cc1. The molecule has 1 aliphatic rings. The van der Waals surface area contributed by atoms with Crippen LogP contribution in [0.25, 0.3) is 0 Å². The van der Waals surface area contributed by atoms with Crippen molar-refractivity contribution in [2.75, 3.05) is 19.7 Å². The summed E-state index contributed by atoms with van der Waals surface area (Å²) in [5, 5.41) is 3.13. The maximum absolute atomic E-state index is 12.8. The summed E-state index contributed by atoms with van der Waals surface area (Å²) in [4.78, 5) is 16.4.